The van der Waals surface area contributed by atoms with E-state index in [2.05, 4.69) is 41.4 Å². The van der Waals surface area contributed by atoms with Gasteiger partial charge in [0.25, 0.3) is 0 Å². The van der Waals surface area contributed by atoms with Gasteiger partial charge in [0.1, 0.15) is 0 Å². The largest absolute Gasteiger partial charge is 0.462 e. The van der Waals surface area contributed by atoms with Gasteiger partial charge in [-0.3, -0.25) is 4.98 Å². The highest BCUT2D eigenvalue weighted by molar-refractivity contribution is 14.1. The van der Waals surface area contributed by atoms with Crippen molar-refractivity contribution < 1.29 is 9.53 Å². The van der Waals surface area contributed by atoms with Crippen molar-refractivity contribution in [3.05, 3.63) is 30.1 Å². The number of nitrogens with zero attached hydrogens (tertiary/aromatic N) is 1. The average molecular weight is 335 g/mol. The second-order valence-corrected chi connectivity index (χ2v) is 4.52. The number of hydrogen-bond donors (Lipinski definition) is 0. The summed E-state index contributed by atoms with van der Waals surface area (Å²) in [6.45, 7) is 4.66. The summed E-state index contributed by atoms with van der Waals surface area (Å²) >= 11 is 2.29. The quantitative estimate of drug-likeness (QED) is 0.366. The highest BCUT2D eigenvalue weighted by Gasteiger charge is 2.04. The molecule has 0 saturated carbocycles. The van der Waals surface area contributed by atoms with Crippen LogP contribution < -0.4 is 0 Å². The van der Waals surface area contributed by atoms with Gasteiger partial charge >= 0.3 is 5.97 Å². The topological polar surface area (TPSA) is 39.2 Å². The van der Waals surface area contributed by atoms with Gasteiger partial charge in [0.15, 0.2) is 0 Å². The third kappa shape index (κ3) is 7.62. The molecule has 0 unspecified atom stereocenters. The molecular weight excluding hydrogens is 317 g/mol. The number of hydrogen-bond acceptors (Lipinski definition) is 3. The van der Waals surface area contributed by atoms with E-state index in [1.165, 1.54) is 10.6 Å². The second-order valence-electron chi connectivity index (χ2n) is 3.00. The van der Waals surface area contributed by atoms with Crippen LogP contribution in [0.5, 0.6) is 0 Å². The summed E-state index contributed by atoms with van der Waals surface area (Å²) in [6, 6.07) is 3.41. The molecule has 4 heteroatoms. The van der Waals surface area contributed by atoms with E-state index in [-0.39, 0.29) is 5.97 Å². The van der Waals surface area contributed by atoms with Gasteiger partial charge in [-0.2, -0.15) is 0 Å². The Balaban J connectivity index is 0.000000673. The van der Waals surface area contributed by atoms with E-state index in [4.69, 9.17) is 4.74 Å². The number of carbonyl (C=O) groups excluding carboxylic acids is 1. The van der Waals surface area contributed by atoms with Gasteiger partial charge in [-0.1, -0.05) is 42.9 Å². The Morgan fingerprint density at radius 3 is 2.69 bits per heavy atom. The molecule has 1 aromatic rings. The van der Waals surface area contributed by atoms with Crippen LogP contribution in [0.1, 0.15) is 37.0 Å². The van der Waals surface area contributed by atoms with Gasteiger partial charge in [-0.25, -0.2) is 4.79 Å². The van der Waals surface area contributed by atoms with Crippen LogP contribution in [-0.2, 0) is 4.74 Å². The zero-order chi connectivity index (χ0) is 12.2. The Morgan fingerprint density at radius 1 is 1.50 bits per heavy atom. The normalized spacial score (nSPS) is 8.94. The van der Waals surface area contributed by atoms with Crippen molar-refractivity contribution in [2.75, 3.05) is 11.0 Å². The molecule has 0 saturated heterocycles. The van der Waals surface area contributed by atoms with Crippen molar-refractivity contribution >= 4 is 28.6 Å². The van der Waals surface area contributed by atoms with E-state index in [1.807, 2.05) is 0 Å². The first-order valence-electron chi connectivity index (χ1n) is 5.39. The highest BCUT2D eigenvalue weighted by atomic mass is 127. The van der Waals surface area contributed by atoms with Gasteiger partial charge < -0.3 is 4.74 Å². The van der Waals surface area contributed by atoms with E-state index in [0.29, 0.717) is 12.2 Å². The van der Waals surface area contributed by atoms with Gasteiger partial charge in [0.2, 0.25) is 0 Å². The summed E-state index contributed by atoms with van der Waals surface area (Å²) in [5, 5.41) is 0. The van der Waals surface area contributed by atoms with Crippen molar-refractivity contribution in [1.29, 1.82) is 0 Å². The zero-order valence-electron chi connectivity index (χ0n) is 9.78. The Labute approximate surface area is 111 Å². The molecule has 0 aromatic carbocycles. The average Bonchev–Trinajstić information content (AvgIpc) is 2.31. The highest BCUT2D eigenvalue weighted by Crippen LogP contribution is 1.99. The molecule has 0 amide bonds. The number of alkyl halides is 1. The maximum Gasteiger partial charge on any atom is 0.339 e. The van der Waals surface area contributed by atoms with Crippen LogP contribution in [0.25, 0.3) is 0 Å². The van der Waals surface area contributed by atoms with E-state index in [9.17, 15) is 4.79 Å². The summed E-state index contributed by atoms with van der Waals surface area (Å²) in [5.74, 6) is -0.290. The molecule has 0 atom stereocenters. The van der Waals surface area contributed by atoms with Crippen molar-refractivity contribution in [2.45, 2.75) is 26.7 Å². The summed E-state index contributed by atoms with van der Waals surface area (Å²) in [4.78, 5) is 15.1. The molecule has 0 N–H and O–H groups in total. The van der Waals surface area contributed by atoms with Crippen LogP contribution in [0, 0.1) is 0 Å². The Kier molecular flexibility index (Phi) is 10.4. The van der Waals surface area contributed by atoms with E-state index in [1.54, 1.807) is 18.3 Å². The number of ether oxygens (including phenoxy) is 1. The maximum atomic E-state index is 11.3. The van der Waals surface area contributed by atoms with Crippen LogP contribution >= 0.6 is 22.6 Å². The molecule has 0 aliphatic rings. The van der Waals surface area contributed by atoms with Crippen molar-refractivity contribution in [3.63, 3.8) is 0 Å². The Hall–Kier alpha value is -0.650. The standard InChI is InChI=1S/C10H13NO2.C2H5I/c1-2-3-7-13-10(12)9-5-4-6-11-8-9;1-2-3/h4-6,8H,2-3,7H2,1H3;2H2,1H3. The molecule has 1 heterocycles. The smallest absolute Gasteiger partial charge is 0.339 e. The first kappa shape index (κ1) is 15.3. The lowest BCUT2D eigenvalue weighted by Crippen LogP contribution is -2.06. The fraction of sp³-hybridized carbons (Fsp3) is 0.500. The van der Waals surface area contributed by atoms with E-state index in [0.717, 1.165) is 12.8 Å². The summed E-state index contributed by atoms with van der Waals surface area (Å²) < 4.78 is 6.21. The van der Waals surface area contributed by atoms with Crippen molar-refractivity contribution in [2.24, 2.45) is 0 Å². The third-order valence-electron chi connectivity index (χ3n) is 1.63. The van der Waals surface area contributed by atoms with Crippen LogP contribution in [0.3, 0.4) is 0 Å². The van der Waals surface area contributed by atoms with Gasteiger partial charge in [-0.05, 0) is 23.0 Å². The number of carbonyl (C=O) groups is 1. The van der Waals surface area contributed by atoms with Crippen LogP contribution in [0.4, 0.5) is 0 Å². The lowest BCUT2D eigenvalue weighted by molar-refractivity contribution is 0.0499. The molecular formula is C12H18INO2. The van der Waals surface area contributed by atoms with Crippen molar-refractivity contribution in [3.8, 4) is 0 Å². The second kappa shape index (κ2) is 10.9. The first-order valence-corrected chi connectivity index (χ1v) is 6.91. The summed E-state index contributed by atoms with van der Waals surface area (Å²) in [7, 11) is 0. The third-order valence-corrected chi connectivity index (χ3v) is 1.63. The fourth-order valence-corrected chi connectivity index (χ4v) is 0.876. The van der Waals surface area contributed by atoms with Crippen LogP contribution in [0.2, 0.25) is 0 Å². The fourth-order valence-electron chi connectivity index (χ4n) is 0.876. The Morgan fingerprint density at radius 2 is 2.19 bits per heavy atom. The van der Waals surface area contributed by atoms with E-state index >= 15 is 0 Å². The molecule has 0 aliphatic carbocycles. The molecule has 0 aliphatic heterocycles. The summed E-state index contributed by atoms with van der Waals surface area (Å²) in [6.07, 6.45) is 5.07. The molecule has 0 radical (unpaired) electrons. The monoisotopic (exact) mass is 335 g/mol. The lowest BCUT2D eigenvalue weighted by atomic mass is 10.3. The number of pyridine rings is 1. The van der Waals surface area contributed by atoms with Crippen LogP contribution in [-0.4, -0.2) is 22.0 Å². The SMILES string of the molecule is CCCCOC(=O)c1cccnc1.CCI. The molecule has 16 heavy (non-hydrogen) atoms. The number of esters is 1. The van der Waals surface area contributed by atoms with E-state index < -0.39 is 0 Å². The molecule has 0 fully saturated rings. The molecule has 0 bridgehead atoms. The molecule has 0 spiro atoms. The number of halogens is 1. The maximum absolute atomic E-state index is 11.3. The number of unbranched alkanes of at least 4 members (excludes halogenated alkanes) is 1. The Bertz CT molecular complexity index is 278. The van der Waals surface area contributed by atoms with Crippen molar-refractivity contribution in [1.82, 2.24) is 4.98 Å². The molecule has 1 rings (SSSR count). The summed E-state index contributed by atoms with van der Waals surface area (Å²) in [5.41, 5.74) is 0.513. The van der Waals surface area contributed by atoms with Gasteiger partial charge in [-0.15, -0.1) is 0 Å². The number of rotatable bonds is 4. The first-order chi connectivity index (χ1) is 7.76. The van der Waals surface area contributed by atoms with Gasteiger partial charge in [0, 0.05) is 12.4 Å². The molecule has 90 valence electrons. The minimum Gasteiger partial charge on any atom is -0.462 e. The number of aromatic nitrogens is 1. The predicted molar refractivity (Wildman–Crippen MR) is 74.0 cm³/mol. The lowest BCUT2D eigenvalue weighted by Gasteiger charge is -2.02. The molecule has 3 nitrogen and oxygen atoms in total. The minimum absolute atomic E-state index is 0.290. The minimum atomic E-state index is -0.290. The molecule has 1 aromatic heterocycles. The van der Waals surface area contributed by atoms with Crippen LogP contribution in [0.15, 0.2) is 24.5 Å². The zero-order valence-corrected chi connectivity index (χ0v) is 11.9. The van der Waals surface area contributed by atoms with Gasteiger partial charge in [0.05, 0.1) is 12.2 Å². The predicted octanol–water partition coefficient (Wildman–Crippen LogP) is 3.48.